The Hall–Kier alpha value is -2.61. The maximum absolute atomic E-state index is 11.7. The quantitative estimate of drug-likeness (QED) is 0.553. The molecule has 0 spiro atoms. The lowest BCUT2D eigenvalue weighted by Crippen LogP contribution is -2.52. The molecule has 1 aromatic rings. The number of ether oxygens (including phenoxy) is 1. The Morgan fingerprint density at radius 2 is 1.86 bits per heavy atom. The van der Waals surface area contributed by atoms with E-state index in [0.717, 1.165) is 5.56 Å². The predicted molar refractivity (Wildman–Crippen MR) is 77.8 cm³/mol. The number of aliphatic carboxylic acids is 1. The van der Waals surface area contributed by atoms with Crippen LogP contribution in [0.4, 0.5) is 4.79 Å². The number of nitrogens with two attached hydrogens (primary N) is 1. The minimum Gasteiger partial charge on any atom is -0.480 e. The Labute approximate surface area is 127 Å². The smallest absolute Gasteiger partial charge is 0.408 e. The van der Waals surface area contributed by atoms with Gasteiger partial charge in [0.1, 0.15) is 18.7 Å². The highest BCUT2D eigenvalue weighted by Crippen LogP contribution is 2.00. The van der Waals surface area contributed by atoms with Gasteiger partial charge in [-0.15, -0.1) is 0 Å². The van der Waals surface area contributed by atoms with E-state index in [1.807, 2.05) is 18.2 Å². The van der Waals surface area contributed by atoms with Crippen LogP contribution in [0.5, 0.6) is 0 Å². The summed E-state index contributed by atoms with van der Waals surface area (Å²) in [7, 11) is 0. The van der Waals surface area contributed by atoms with Crippen LogP contribution in [0.25, 0.3) is 0 Å². The van der Waals surface area contributed by atoms with Gasteiger partial charge in [-0.2, -0.15) is 0 Å². The SMILES string of the molecule is C[C@H](NC(=O)OCc1ccccc1)C(=O)N[C@@H](CN)C(=O)O. The van der Waals surface area contributed by atoms with Crippen molar-refractivity contribution in [3.8, 4) is 0 Å². The second kappa shape index (κ2) is 8.63. The zero-order chi connectivity index (χ0) is 16.5. The van der Waals surface area contributed by atoms with Gasteiger partial charge in [-0.1, -0.05) is 30.3 Å². The van der Waals surface area contributed by atoms with Gasteiger partial charge in [0.05, 0.1) is 0 Å². The fourth-order valence-corrected chi connectivity index (χ4v) is 1.53. The number of amides is 2. The minimum atomic E-state index is -1.24. The number of carboxylic acids is 1. The van der Waals surface area contributed by atoms with Gasteiger partial charge in [-0.05, 0) is 12.5 Å². The Morgan fingerprint density at radius 1 is 1.23 bits per heavy atom. The number of carbonyl (C=O) groups excluding carboxylic acids is 2. The van der Waals surface area contributed by atoms with Crippen LogP contribution < -0.4 is 16.4 Å². The zero-order valence-electron chi connectivity index (χ0n) is 12.1. The Balaban J connectivity index is 2.39. The van der Waals surface area contributed by atoms with E-state index in [4.69, 9.17) is 15.6 Å². The van der Waals surface area contributed by atoms with Gasteiger partial charge in [0, 0.05) is 6.54 Å². The van der Waals surface area contributed by atoms with Crippen LogP contribution >= 0.6 is 0 Å². The average Bonchev–Trinajstić information content (AvgIpc) is 2.50. The molecule has 0 saturated heterocycles. The molecule has 0 saturated carbocycles. The molecule has 0 fully saturated rings. The predicted octanol–water partition coefficient (Wildman–Crippen LogP) is -0.171. The molecule has 0 aliphatic rings. The topological polar surface area (TPSA) is 131 Å². The molecule has 0 bridgehead atoms. The van der Waals surface area contributed by atoms with Gasteiger partial charge < -0.3 is 26.2 Å². The summed E-state index contributed by atoms with van der Waals surface area (Å²) in [4.78, 5) is 34.1. The summed E-state index contributed by atoms with van der Waals surface area (Å²) in [6.07, 6.45) is -0.772. The summed E-state index contributed by atoms with van der Waals surface area (Å²) in [5.41, 5.74) is 6.04. The Kier molecular flexibility index (Phi) is 6.84. The van der Waals surface area contributed by atoms with Gasteiger partial charge in [0.2, 0.25) is 5.91 Å². The number of alkyl carbamates (subject to hydrolysis) is 1. The molecule has 5 N–H and O–H groups in total. The van der Waals surface area contributed by atoms with Crippen molar-refractivity contribution in [3.05, 3.63) is 35.9 Å². The standard InChI is InChI=1S/C14H19N3O5/c1-9(12(18)17-11(7-15)13(19)20)16-14(21)22-8-10-5-3-2-4-6-10/h2-6,9,11H,7-8,15H2,1H3,(H,16,21)(H,17,18)(H,19,20)/t9-,11-/m0/s1. The average molecular weight is 309 g/mol. The second-order valence-corrected chi connectivity index (χ2v) is 4.56. The summed E-state index contributed by atoms with van der Waals surface area (Å²) < 4.78 is 4.96. The number of benzene rings is 1. The fraction of sp³-hybridized carbons (Fsp3) is 0.357. The van der Waals surface area contributed by atoms with Gasteiger partial charge in [0.25, 0.3) is 0 Å². The lowest BCUT2D eigenvalue weighted by molar-refractivity contribution is -0.141. The molecular formula is C14H19N3O5. The van der Waals surface area contributed by atoms with E-state index in [2.05, 4.69) is 10.6 Å². The molecular weight excluding hydrogens is 290 g/mol. The number of rotatable bonds is 7. The highest BCUT2D eigenvalue weighted by Gasteiger charge is 2.22. The zero-order valence-corrected chi connectivity index (χ0v) is 12.1. The van der Waals surface area contributed by atoms with Crippen LogP contribution in [0.15, 0.2) is 30.3 Å². The maximum Gasteiger partial charge on any atom is 0.408 e. The van der Waals surface area contributed by atoms with Crippen molar-refractivity contribution >= 4 is 18.0 Å². The van der Waals surface area contributed by atoms with Crippen LogP contribution in [0.2, 0.25) is 0 Å². The van der Waals surface area contributed by atoms with E-state index in [0.29, 0.717) is 0 Å². The number of hydrogen-bond acceptors (Lipinski definition) is 5. The van der Waals surface area contributed by atoms with E-state index >= 15 is 0 Å². The van der Waals surface area contributed by atoms with Crippen molar-refractivity contribution in [1.29, 1.82) is 0 Å². The van der Waals surface area contributed by atoms with Gasteiger partial charge in [-0.25, -0.2) is 9.59 Å². The largest absolute Gasteiger partial charge is 0.480 e. The highest BCUT2D eigenvalue weighted by atomic mass is 16.5. The summed E-state index contributed by atoms with van der Waals surface area (Å²) in [6, 6.07) is 6.90. The molecule has 2 amide bonds. The van der Waals surface area contributed by atoms with Crippen molar-refractivity contribution in [2.45, 2.75) is 25.6 Å². The van der Waals surface area contributed by atoms with Gasteiger partial charge in [-0.3, -0.25) is 4.79 Å². The monoisotopic (exact) mass is 309 g/mol. The first kappa shape index (κ1) is 17.4. The van der Waals surface area contributed by atoms with Crippen LogP contribution in [-0.4, -0.2) is 41.7 Å². The van der Waals surface area contributed by atoms with Gasteiger partial charge >= 0.3 is 12.1 Å². The highest BCUT2D eigenvalue weighted by molar-refractivity contribution is 5.88. The number of hydrogen-bond donors (Lipinski definition) is 4. The van der Waals surface area contributed by atoms with E-state index in [1.165, 1.54) is 6.92 Å². The van der Waals surface area contributed by atoms with Crippen LogP contribution in [0.3, 0.4) is 0 Å². The third kappa shape index (κ3) is 5.80. The molecule has 8 heteroatoms. The Bertz CT molecular complexity index is 520. The molecule has 2 atom stereocenters. The fourth-order valence-electron chi connectivity index (χ4n) is 1.53. The lowest BCUT2D eigenvalue weighted by Gasteiger charge is -2.17. The Morgan fingerprint density at radius 3 is 2.41 bits per heavy atom. The van der Waals surface area contributed by atoms with Crippen molar-refractivity contribution < 1.29 is 24.2 Å². The van der Waals surface area contributed by atoms with E-state index < -0.39 is 30.1 Å². The summed E-state index contributed by atoms with van der Waals surface area (Å²) in [5.74, 6) is -1.90. The van der Waals surface area contributed by atoms with Crippen molar-refractivity contribution in [3.63, 3.8) is 0 Å². The van der Waals surface area contributed by atoms with Crippen LogP contribution in [0, 0.1) is 0 Å². The molecule has 0 aliphatic heterocycles. The third-order valence-electron chi connectivity index (χ3n) is 2.79. The second-order valence-electron chi connectivity index (χ2n) is 4.56. The van der Waals surface area contributed by atoms with Crippen molar-refractivity contribution in [1.82, 2.24) is 10.6 Å². The summed E-state index contributed by atoms with van der Waals surface area (Å²) in [6.45, 7) is 1.24. The van der Waals surface area contributed by atoms with Crippen LogP contribution in [-0.2, 0) is 20.9 Å². The van der Waals surface area contributed by atoms with Crippen molar-refractivity contribution in [2.75, 3.05) is 6.54 Å². The maximum atomic E-state index is 11.7. The molecule has 0 aromatic heterocycles. The molecule has 0 aliphatic carbocycles. The molecule has 0 heterocycles. The van der Waals surface area contributed by atoms with E-state index in [9.17, 15) is 14.4 Å². The molecule has 22 heavy (non-hydrogen) atoms. The van der Waals surface area contributed by atoms with Crippen molar-refractivity contribution in [2.24, 2.45) is 5.73 Å². The number of nitrogens with one attached hydrogen (secondary N) is 2. The normalized spacial score (nSPS) is 12.8. The van der Waals surface area contributed by atoms with E-state index in [1.54, 1.807) is 12.1 Å². The summed E-state index contributed by atoms with van der Waals surface area (Å²) in [5, 5.41) is 13.3. The van der Waals surface area contributed by atoms with Crippen LogP contribution in [0.1, 0.15) is 12.5 Å². The molecule has 1 rings (SSSR count). The first-order valence-electron chi connectivity index (χ1n) is 6.64. The first-order chi connectivity index (χ1) is 10.4. The van der Waals surface area contributed by atoms with E-state index in [-0.39, 0.29) is 13.2 Å². The third-order valence-corrected chi connectivity index (χ3v) is 2.79. The summed E-state index contributed by atoms with van der Waals surface area (Å²) >= 11 is 0. The number of carbonyl (C=O) groups is 3. The minimum absolute atomic E-state index is 0.0710. The molecule has 8 nitrogen and oxygen atoms in total. The van der Waals surface area contributed by atoms with Gasteiger partial charge in [0.15, 0.2) is 0 Å². The molecule has 0 unspecified atom stereocenters. The number of carboxylic acid groups (broad SMARTS) is 1. The first-order valence-corrected chi connectivity index (χ1v) is 6.64. The molecule has 120 valence electrons. The lowest BCUT2D eigenvalue weighted by atomic mass is 10.2. The molecule has 1 aromatic carbocycles. The molecule has 0 radical (unpaired) electrons.